The fraction of sp³-hybridized carbons (Fsp3) is 0.143. The Morgan fingerprint density at radius 2 is 1.54 bits per heavy atom. The number of nitrogens with one attached hydrogen (secondary N) is 2. The Kier molecular flexibility index (Phi) is 6.30. The zero-order valence-corrected chi connectivity index (χ0v) is 15.4. The van der Waals surface area contributed by atoms with Crippen molar-refractivity contribution in [3.05, 3.63) is 89.5 Å². The topological polar surface area (TPSA) is 93.2 Å². The number of hydrogen-bond acceptors (Lipinski definition) is 5. The number of aromatic nitrogens is 2. The molecule has 2 heterocycles. The Morgan fingerprint density at radius 1 is 0.857 bits per heavy atom. The summed E-state index contributed by atoms with van der Waals surface area (Å²) >= 11 is 0. The van der Waals surface area contributed by atoms with Gasteiger partial charge in [-0.1, -0.05) is 30.3 Å². The van der Waals surface area contributed by atoms with Crippen LogP contribution in [0.1, 0.15) is 32.2 Å². The molecule has 0 atom stereocenters. The summed E-state index contributed by atoms with van der Waals surface area (Å²) in [4.78, 5) is 33.0. The second-order valence-electron chi connectivity index (χ2n) is 5.91. The zero-order valence-electron chi connectivity index (χ0n) is 15.4. The molecule has 2 N–H and O–H groups in total. The lowest BCUT2D eigenvalue weighted by Gasteiger charge is -2.10. The van der Waals surface area contributed by atoms with E-state index in [0.29, 0.717) is 12.3 Å². The van der Waals surface area contributed by atoms with Crippen LogP contribution in [0.5, 0.6) is 5.75 Å². The van der Waals surface area contributed by atoms with E-state index in [1.54, 1.807) is 37.6 Å². The number of methoxy groups -OCH3 is 1. The SMILES string of the molecule is COc1ccccc1CNC(=O)c1cccc(C(=O)NCc2ccccn2)n1. The summed E-state index contributed by atoms with van der Waals surface area (Å²) in [5.41, 5.74) is 1.92. The Labute approximate surface area is 162 Å². The van der Waals surface area contributed by atoms with Crippen LogP contribution in [0.3, 0.4) is 0 Å². The molecule has 0 aliphatic carbocycles. The maximum Gasteiger partial charge on any atom is 0.270 e. The van der Waals surface area contributed by atoms with Crippen molar-refractivity contribution in [1.82, 2.24) is 20.6 Å². The predicted octanol–water partition coefficient (Wildman–Crippen LogP) is 2.35. The molecule has 0 aliphatic heterocycles. The molecule has 28 heavy (non-hydrogen) atoms. The highest BCUT2D eigenvalue weighted by molar-refractivity contribution is 5.96. The summed E-state index contributed by atoms with van der Waals surface area (Å²) in [6, 6.07) is 17.6. The van der Waals surface area contributed by atoms with Gasteiger partial charge in [-0.2, -0.15) is 0 Å². The van der Waals surface area contributed by atoms with Crippen LogP contribution < -0.4 is 15.4 Å². The van der Waals surface area contributed by atoms with Gasteiger partial charge in [0, 0.05) is 18.3 Å². The molecule has 0 unspecified atom stereocenters. The van der Waals surface area contributed by atoms with Crippen molar-refractivity contribution in [2.75, 3.05) is 7.11 Å². The third kappa shape index (κ3) is 4.91. The minimum absolute atomic E-state index is 0.167. The monoisotopic (exact) mass is 376 g/mol. The molecule has 0 spiro atoms. The molecule has 7 heteroatoms. The van der Waals surface area contributed by atoms with Gasteiger partial charge in [-0.25, -0.2) is 4.98 Å². The van der Waals surface area contributed by atoms with Crippen LogP contribution in [0.15, 0.2) is 66.9 Å². The second kappa shape index (κ2) is 9.27. The molecule has 142 valence electrons. The minimum atomic E-state index is -0.370. The molecule has 3 rings (SSSR count). The van der Waals surface area contributed by atoms with Gasteiger partial charge in [0.2, 0.25) is 0 Å². The summed E-state index contributed by atoms with van der Waals surface area (Å²) in [7, 11) is 1.58. The van der Waals surface area contributed by atoms with Crippen molar-refractivity contribution in [2.45, 2.75) is 13.1 Å². The fourth-order valence-corrected chi connectivity index (χ4v) is 2.57. The molecule has 0 fully saturated rings. The number of carbonyl (C=O) groups is 2. The molecular weight excluding hydrogens is 356 g/mol. The van der Waals surface area contributed by atoms with Gasteiger partial charge >= 0.3 is 0 Å². The van der Waals surface area contributed by atoms with Gasteiger partial charge in [0.15, 0.2) is 0 Å². The molecule has 2 aromatic heterocycles. The highest BCUT2D eigenvalue weighted by Crippen LogP contribution is 2.16. The van der Waals surface area contributed by atoms with Crippen LogP contribution in [-0.4, -0.2) is 28.9 Å². The summed E-state index contributed by atoms with van der Waals surface area (Å²) in [6.07, 6.45) is 1.66. The van der Waals surface area contributed by atoms with Crippen LogP contribution >= 0.6 is 0 Å². The molecule has 0 aliphatic rings. The number of benzene rings is 1. The van der Waals surface area contributed by atoms with E-state index < -0.39 is 0 Å². The molecule has 2 amide bonds. The summed E-state index contributed by atoms with van der Waals surface area (Å²) in [5.74, 6) is -0.0475. The number of carbonyl (C=O) groups excluding carboxylic acids is 2. The first-order valence-electron chi connectivity index (χ1n) is 8.72. The summed E-state index contributed by atoms with van der Waals surface area (Å²) in [5, 5.41) is 5.53. The molecule has 0 saturated heterocycles. The fourth-order valence-electron chi connectivity index (χ4n) is 2.57. The summed E-state index contributed by atoms with van der Waals surface area (Å²) in [6.45, 7) is 0.576. The first-order chi connectivity index (χ1) is 13.7. The van der Waals surface area contributed by atoms with Crippen molar-refractivity contribution < 1.29 is 14.3 Å². The van der Waals surface area contributed by atoms with Crippen LogP contribution in [0, 0.1) is 0 Å². The van der Waals surface area contributed by atoms with E-state index in [-0.39, 0.29) is 29.7 Å². The predicted molar refractivity (Wildman–Crippen MR) is 104 cm³/mol. The van der Waals surface area contributed by atoms with Crippen molar-refractivity contribution in [3.63, 3.8) is 0 Å². The molecule has 0 radical (unpaired) electrons. The molecule has 3 aromatic rings. The normalized spacial score (nSPS) is 10.2. The average Bonchev–Trinajstić information content (AvgIpc) is 2.76. The number of rotatable bonds is 7. The largest absolute Gasteiger partial charge is 0.496 e. The van der Waals surface area contributed by atoms with Gasteiger partial charge in [-0.3, -0.25) is 14.6 Å². The van der Waals surface area contributed by atoms with E-state index in [9.17, 15) is 9.59 Å². The number of hydrogen-bond donors (Lipinski definition) is 2. The standard InChI is InChI=1S/C21H20N4O3/c1-28-19-11-3-2-7-15(19)13-23-20(26)17-9-6-10-18(25-17)21(27)24-14-16-8-4-5-12-22-16/h2-12H,13-14H2,1H3,(H,23,26)(H,24,27). The average molecular weight is 376 g/mol. The number of ether oxygens (including phenoxy) is 1. The maximum absolute atomic E-state index is 12.4. The van der Waals surface area contributed by atoms with Crippen LogP contribution in [-0.2, 0) is 13.1 Å². The maximum atomic E-state index is 12.4. The number of pyridine rings is 2. The van der Waals surface area contributed by atoms with Crippen LogP contribution in [0.2, 0.25) is 0 Å². The zero-order chi connectivity index (χ0) is 19.8. The van der Waals surface area contributed by atoms with E-state index >= 15 is 0 Å². The van der Waals surface area contributed by atoms with Gasteiger partial charge < -0.3 is 15.4 Å². The van der Waals surface area contributed by atoms with E-state index in [0.717, 1.165) is 11.3 Å². The van der Waals surface area contributed by atoms with Crippen molar-refractivity contribution in [3.8, 4) is 5.75 Å². The van der Waals surface area contributed by atoms with Crippen LogP contribution in [0.4, 0.5) is 0 Å². The number of nitrogens with zero attached hydrogens (tertiary/aromatic N) is 2. The van der Waals surface area contributed by atoms with Crippen LogP contribution in [0.25, 0.3) is 0 Å². The minimum Gasteiger partial charge on any atom is -0.496 e. The van der Waals surface area contributed by atoms with E-state index in [1.807, 2.05) is 36.4 Å². The second-order valence-corrected chi connectivity index (χ2v) is 5.91. The Hall–Kier alpha value is -3.74. The molecule has 0 bridgehead atoms. The lowest BCUT2D eigenvalue weighted by atomic mass is 10.2. The first kappa shape index (κ1) is 19.0. The van der Waals surface area contributed by atoms with Crippen molar-refractivity contribution in [2.24, 2.45) is 0 Å². The Balaban J connectivity index is 1.61. The third-order valence-corrected chi connectivity index (χ3v) is 4.00. The highest BCUT2D eigenvalue weighted by Gasteiger charge is 2.13. The molecular formula is C21H20N4O3. The summed E-state index contributed by atoms with van der Waals surface area (Å²) < 4.78 is 5.27. The first-order valence-corrected chi connectivity index (χ1v) is 8.72. The number of amides is 2. The van der Waals surface area contributed by atoms with E-state index in [1.165, 1.54) is 0 Å². The quantitative estimate of drug-likeness (QED) is 0.660. The molecule has 0 saturated carbocycles. The van der Waals surface area contributed by atoms with E-state index in [2.05, 4.69) is 20.6 Å². The molecule has 1 aromatic carbocycles. The van der Waals surface area contributed by atoms with Crippen molar-refractivity contribution >= 4 is 11.8 Å². The Bertz CT molecular complexity index is 961. The van der Waals surface area contributed by atoms with Gasteiger partial charge in [-0.15, -0.1) is 0 Å². The van der Waals surface area contributed by atoms with Gasteiger partial charge in [0.1, 0.15) is 17.1 Å². The highest BCUT2D eigenvalue weighted by atomic mass is 16.5. The lowest BCUT2D eigenvalue weighted by Crippen LogP contribution is -2.27. The van der Waals surface area contributed by atoms with Gasteiger partial charge in [0.05, 0.1) is 19.3 Å². The molecule has 7 nitrogen and oxygen atoms in total. The number of para-hydroxylation sites is 1. The van der Waals surface area contributed by atoms with Crippen molar-refractivity contribution in [1.29, 1.82) is 0 Å². The van der Waals surface area contributed by atoms with Gasteiger partial charge in [0.25, 0.3) is 11.8 Å². The smallest absolute Gasteiger partial charge is 0.270 e. The lowest BCUT2D eigenvalue weighted by molar-refractivity contribution is 0.0941. The van der Waals surface area contributed by atoms with E-state index in [4.69, 9.17) is 4.74 Å². The Morgan fingerprint density at radius 3 is 2.21 bits per heavy atom. The third-order valence-electron chi connectivity index (χ3n) is 4.00. The van der Waals surface area contributed by atoms with Gasteiger partial charge in [-0.05, 0) is 30.3 Å².